The molecule has 4 heteroatoms. The second kappa shape index (κ2) is 6.59. The van der Waals surface area contributed by atoms with Gasteiger partial charge in [0, 0.05) is 0 Å². The molecule has 0 unspecified atom stereocenters. The first-order valence-corrected chi connectivity index (χ1v) is 6.12. The molecular weight excluding hydrogens is 218 g/mol. The van der Waals surface area contributed by atoms with Gasteiger partial charge in [-0.1, -0.05) is 12.1 Å². The fraction of sp³-hybridized carbons (Fsp3) is 0.538. The van der Waals surface area contributed by atoms with Crippen molar-refractivity contribution in [1.82, 2.24) is 0 Å². The van der Waals surface area contributed by atoms with E-state index in [0.29, 0.717) is 6.61 Å². The van der Waals surface area contributed by atoms with Gasteiger partial charge in [0.1, 0.15) is 32.0 Å². The Hall–Kier alpha value is -1.10. The largest absolute Gasteiger partial charge is 0.488 e. The molecule has 1 heterocycles. The normalized spacial score (nSPS) is 17.0. The average molecular weight is 238 g/mol. The van der Waals surface area contributed by atoms with E-state index in [4.69, 9.17) is 14.6 Å². The quantitative estimate of drug-likeness (QED) is 0.725. The van der Waals surface area contributed by atoms with Crippen molar-refractivity contribution < 1.29 is 19.5 Å². The summed E-state index contributed by atoms with van der Waals surface area (Å²) in [5.74, 6) is 0.837. The monoisotopic (exact) mass is 238 g/mol. The third-order valence-corrected chi connectivity index (χ3v) is 3.01. The maximum atomic E-state index is 9.02. The number of benzene rings is 1. The number of hydrogen-bond acceptors (Lipinski definition) is 3. The van der Waals surface area contributed by atoms with Gasteiger partial charge < -0.3 is 19.5 Å². The molecule has 0 aliphatic carbocycles. The van der Waals surface area contributed by atoms with Crippen LogP contribution in [-0.4, -0.2) is 44.6 Å². The molecule has 0 spiro atoms. The summed E-state index contributed by atoms with van der Waals surface area (Å²) < 4.78 is 11.0. The molecule has 0 amide bonds. The van der Waals surface area contributed by atoms with Gasteiger partial charge in [0.25, 0.3) is 0 Å². The van der Waals surface area contributed by atoms with Crippen LogP contribution in [-0.2, 0) is 11.3 Å². The number of nitrogens with one attached hydrogen (secondary N) is 1. The van der Waals surface area contributed by atoms with Crippen molar-refractivity contribution in [2.75, 3.05) is 39.5 Å². The van der Waals surface area contributed by atoms with Crippen molar-refractivity contribution in [3.05, 3.63) is 29.8 Å². The summed E-state index contributed by atoms with van der Waals surface area (Å²) in [4.78, 5) is 1.54. The summed E-state index contributed by atoms with van der Waals surface area (Å²) in [5, 5.41) is 9.02. The number of aliphatic hydroxyl groups excluding tert-OH is 1. The highest BCUT2D eigenvalue weighted by Gasteiger charge is 2.13. The number of ether oxygens (including phenoxy) is 2. The summed E-state index contributed by atoms with van der Waals surface area (Å²) >= 11 is 0. The highest BCUT2D eigenvalue weighted by molar-refractivity contribution is 5.27. The van der Waals surface area contributed by atoms with Gasteiger partial charge in [-0.05, 0) is 17.7 Å². The maximum absolute atomic E-state index is 9.02. The van der Waals surface area contributed by atoms with E-state index in [1.165, 1.54) is 4.90 Å². The summed E-state index contributed by atoms with van der Waals surface area (Å²) in [6, 6.07) is 7.60. The number of hydrogen-bond donors (Lipinski definition) is 2. The van der Waals surface area contributed by atoms with Crippen molar-refractivity contribution in [2.45, 2.75) is 6.61 Å². The van der Waals surface area contributed by atoms with Crippen molar-refractivity contribution in [2.24, 2.45) is 0 Å². The first kappa shape index (κ1) is 12.4. The molecule has 1 saturated heterocycles. The lowest BCUT2D eigenvalue weighted by molar-refractivity contribution is -0.908. The van der Waals surface area contributed by atoms with Crippen LogP contribution < -0.4 is 9.64 Å². The fourth-order valence-electron chi connectivity index (χ4n) is 1.96. The third kappa shape index (κ3) is 4.00. The van der Waals surface area contributed by atoms with Crippen LogP contribution >= 0.6 is 0 Å². The van der Waals surface area contributed by atoms with Crippen molar-refractivity contribution in [1.29, 1.82) is 0 Å². The van der Waals surface area contributed by atoms with Crippen molar-refractivity contribution >= 4 is 0 Å². The zero-order chi connectivity index (χ0) is 11.9. The van der Waals surface area contributed by atoms with Crippen LogP contribution in [0.25, 0.3) is 0 Å². The minimum atomic E-state index is 0.0614. The summed E-state index contributed by atoms with van der Waals surface area (Å²) in [5.41, 5.74) is 0.890. The predicted octanol–water partition coefficient (Wildman–Crippen LogP) is -0.527. The highest BCUT2D eigenvalue weighted by atomic mass is 16.5. The molecule has 2 N–H and O–H groups in total. The van der Waals surface area contributed by atoms with E-state index in [-0.39, 0.29) is 6.61 Å². The average Bonchev–Trinajstić information content (AvgIpc) is 2.40. The Morgan fingerprint density at radius 1 is 1.29 bits per heavy atom. The van der Waals surface area contributed by atoms with Gasteiger partial charge in [0.05, 0.1) is 19.8 Å². The molecule has 94 valence electrons. The molecule has 1 fully saturated rings. The van der Waals surface area contributed by atoms with Crippen LogP contribution in [0, 0.1) is 0 Å². The maximum Gasteiger partial charge on any atom is 0.137 e. The Morgan fingerprint density at radius 2 is 2.12 bits per heavy atom. The van der Waals surface area contributed by atoms with E-state index >= 15 is 0 Å². The molecule has 2 rings (SSSR count). The Labute approximate surface area is 102 Å². The first-order valence-electron chi connectivity index (χ1n) is 6.12. The molecule has 1 aromatic rings. The lowest BCUT2D eigenvalue weighted by Crippen LogP contribution is -3.14. The van der Waals surface area contributed by atoms with Crippen LogP contribution in [0.3, 0.4) is 0 Å². The van der Waals surface area contributed by atoms with Crippen LogP contribution in [0.2, 0.25) is 0 Å². The number of rotatable bonds is 5. The second-order valence-corrected chi connectivity index (χ2v) is 4.27. The Balaban J connectivity index is 1.73. The smallest absolute Gasteiger partial charge is 0.137 e. The van der Waals surface area contributed by atoms with E-state index in [2.05, 4.69) is 0 Å². The zero-order valence-corrected chi connectivity index (χ0v) is 10.0. The Kier molecular flexibility index (Phi) is 4.79. The van der Waals surface area contributed by atoms with E-state index in [9.17, 15) is 0 Å². The molecule has 1 aliphatic rings. The summed E-state index contributed by atoms with van der Waals surface area (Å²) in [7, 11) is 0. The zero-order valence-electron chi connectivity index (χ0n) is 10.0. The lowest BCUT2D eigenvalue weighted by Gasteiger charge is -2.23. The van der Waals surface area contributed by atoms with Gasteiger partial charge in [0.2, 0.25) is 0 Å². The Bertz CT molecular complexity index is 337. The topological polar surface area (TPSA) is 43.1 Å². The van der Waals surface area contributed by atoms with Gasteiger partial charge in [0.15, 0.2) is 0 Å². The minimum Gasteiger partial charge on any atom is -0.488 e. The number of morpholine rings is 1. The molecule has 0 saturated carbocycles. The van der Waals surface area contributed by atoms with Gasteiger partial charge in [-0.3, -0.25) is 0 Å². The molecule has 4 nitrogen and oxygen atoms in total. The molecule has 0 aromatic heterocycles. The summed E-state index contributed by atoms with van der Waals surface area (Å²) in [6.07, 6.45) is 0. The Morgan fingerprint density at radius 3 is 2.88 bits per heavy atom. The molecular formula is C13H20NO3+. The summed E-state index contributed by atoms with van der Waals surface area (Å²) in [6.45, 7) is 5.63. The third-order valence-electron chi connectivity index (χ3n) is 3.01. The predicted molar refractivity (Wildman–Crippen MR) is 64.2 cm³/mol. The highest BCUT2D eigenvalue weighted by Crippen LogP contribution is 2.12. The van der Waals surface area contributed by atoms with Gasteiger partial charge in [-0.15, -0.1) is 0 Å². The van der Waals surface area contributed by atoms with Crippen molar-refractivity contribution in [3.8, 4) is 5.75 Å². The first-order chi connectivity index (χ1) is 8.38. The van der Waals surface area contributed by atoms with E-state index in [0.717, 1.165) is 44.2 Å². The number of quaternary nitrogens is 1. The second-order valence-electron chi connectivity index (χ2n) is 4.27. The molecule has 17 heavy (non-hydrogen) atoms. The van der Waals surface area contributed by atoms with E-state index in [1.807, 2.05) is 24.3 Å². The molecule has 0 radical (unpaired) electrons. The molecule has 1 aromatic carbocycles. The minimum absolute atomic E-state index is 0.0614. The van der Waals surface area contributed by atoms with Gasteiger partial charge >= 0.3 is 0 Å². The number of aliphatic hydroxyl groups is 1. The van der Waals surface area contributed by atoms with Crippen LogP contribution in [0.4, 0.5) is 0 Å². The fourth-order valence-corrected chi connectivity index (χ4v) is 1.96. The van der Waals surface area contributed by atoms with E-state index < -0.39 is 0 Å². The van der Waals surface area contributed by atoms with Crippen LogP contribution in [0.15, 0.2) is 24.3 Å². The lowest BCUT2D eigenvalue weighted by atomic mass is 10.2. The standard InChI is InChI=1S/C13H19NO3/c15-11-12-2-1-3-13(10-12)17-9-6-14-4-7-16-8-5-14/h1-3,10,15H,4-9,11H2/p+1. The van der Waals surface area contributed by atoms with Gasteiger partial charge in [-0.2, -0.15) is 0 Å². The van der Waals surface area contributed by atoms with E-state index in [1.54, 1.807) is 0 Å². The SMILES string of the molecule is OCc1cccc(OCC[NH+]2CCOCC2)c1. The molecule has 0 atom stereocenters. The molecule has 1 aliphatic heterocycles. The van der Waals surface area contributed by atoms with Crippen molar-refractivity contribution in [3.63, 3.8) is 0 Å². The van der Waals surface area contributed by atoms with Crippen LogP contribution in [0.1, 0.15) is 5.56 Å². The van der Waals surface area contributed by atoms with Crippen LogP contribution in [0.5, 0.6) is 5.75 Å². The molecule has 0 bridgehead atoms. The van der Waals surface area contributed by atoms with Gasteiger partial charge in [-0.25, -0.2) is 0 Å².